The molecule has 0 radical (unpaired) electrons. The standard InChI is InChI=1S/C10H12ClFO2S/c1-8(12)6-9-4-2-3-5-10(9)7-15(11,13)14/h2-5,8H,6-7H2,1H3. The molecule has 0 fully saturated rings. The number of rotatable bonds is 4. The summed E-state index contributed by atoms with van der Waals surface area (Å²) in [5.41, 5.74) is 1.26. The van der Waals surface area contributed by atoms with Crippen LogP contribution >= 0.6 is 10.7 Å². The molecule has 1 unspecified atom stereocenters. The molecule has 15 heavy (non-hydrogen) atoms. The zero-order valence-electron chi connectivity index (χ0n) is 8.28. The Hall–Kier alpha value is -0.610. The van der Waals surface area contributed by atoms with Crippen molar-refractivity contribution in [3.8, 4) is 0 Å². The van der Waals surface area contributed by atoms with Crippen LogP contribution in [0.1, 0.15) is 18.1 Å². The van der Waals surface area contributed by atoms with E-state index in [0.717, 1.165) is 0 Å². The largest absolute Gasteiger partial charge is 0.247 e. The van der Waals surface area contributed by atoms with Crippen LogP contribution in [0.2, 0.25) is 0 Å². The first-order valence-corrected chi connectivity index (χ1v) is 6.99. The molecule has 0 aliphatic rings. The Morgan fingerprint density at radius 2 is 1.87 bits per heavy atom. The van der Waals surface area contributed by atoms with E-state index >= 15 is 0 Å². The van der Waals surface area contributed by atoms with Gasteiger partial charge in [-0.2, -0.15) is 0 Å². The summed E-state index contributed by atoms with van der Waals surface area (Å²) in [6.07, 6.45) is -0.785. The Balaban J connectivity index is 2.96. The minimum atomic E-state index is -3.59. The number of hydrogen-bond donors (Lipinski definition) is 0. The highest BCUT2D eigenvalue weighted by Crippen LogP contribution is 2.17. The first-order chi connectivity index (χ1) is 6.88. The van der Waals surface area contributed by atoms with Gasteiger partial charge >= 0.3 is 0 Å². The van der Waals surface area contributed by atoms with E-state index in [4.69, 9.17) is 10.7 Å². The van der Waals surface area contributed by atoms with Gasteiger partial charge in [0.1, 0.15) is 6.17 Å². The summed E-state index contributed by atoms with van der Waals surface area (Å²) in [6, 6.07) is 6.83. The van der Waals surface area contributed by atoms with E-state index in [1.165, 1.54) is 6.92 Å². The SMILES string of the molecule is CC(F)Cc1ccccc1CS(=O)(=O)Cl. The minimum Gasteiger partial charge on any atom is -0.247 e. The smallest absolute Gasteiger partial charge is 0.236 e. The van der Waals surface area contributed by atoms with Crippen molar-refractivity contribution in [1.29, 1.82) is 0 Å². The van der Waals surface area contributed by atoms with Gasteiger partial charge in [-0.1, -0.05) is 24.3 Å². The lowest BCUT2D eigenvalue weighted by Crippen LogP contribution is -2.04. The fourth-order valence-electron chi connectivity index (χ4n) is 1.39. The maximum Gasteiger partial charge on any atom is 0.236 e. The summed E-state index contributed by atoms with van der Waals surface area (Å²) in [6.45, 7) is 1.44. The van der Waals surface area contributed by atoms with E-state index in [0.29, 0.717) is 11.1 Å². The van der Waals surface area contributed by atoms with Crippen molar-refractivity contribution in [3.63, 3.8) is 0 Å². The van der Waals surface area contributed by atoms with E-state index in [1.54, 1.807) is 24.3 Å². The third kappa shape index (κ3) is 4.62. The highest BCUT2D eigenvalue weighted by molar-refractivity contribution is 8.13. The lowest BCUT2D eigenvalue weighted by Gasteiger charge is -2.08. The Bertz CT molecular complexity index is 429. The van der Waals surface area contributed by atoms with Gasteiger partial charge in [0.05, 0.1) is 5.75 Å². The van der Waals surface area contributed by atoms with E-state index in [2.05, 4.69) is 0 Å². The van der Waals surface area contributed by atoms with Gasteiger partial charge < -0.3 is 0 Å². The third-order valence-electron chi connectivity index (χ3n) is 1.95. The van der Waals surface area contributed by atoms with E-state index in [9.17, 15) is 12.8 Å². The highest BCUT2D eigenvalue weighted by Gasteiger charge is 2.12. The molecule has 0 saturated heterocycles. The normalized spacial score (nSPS) is 13.8. The summed E-state index contributed by atoms with van der Waals surface area (Å²) >= 11 is 0. The molecule has 0 aliphatic carbocycles. The molecule has 1 atom stereocenters. The molecule has 0 spiro atoms. The van der Waals surface area contributed by atoms with Crippen molar-refractivity contribution in [3.05, 3.63) is 35.4 Å². The Labute approximate surface area is 93.5 Å². The van der Waals surface area contributed by atoms with Crippen molar-refractivity contribution < 1.29 is 12.8 Å². The van der Waals surface area contributed by atoms with Crippen molar-refractivity contribution in [2.75, 3.05) is 0 Å². The van der Waals surface area contributed by atoms with Crippen molar-refractivity contribution in [1.82, 2.24) is 0 Å². The zero-order chi connectivity index (χ0) is 11.5. The molecule has 5 heteroatoms. The average molecular weight is 251 g/mol. The quantitative estimate of drug-likeness (QED) is 0.770. The maximum atomic E-state index is 12.8. The molecule has 0 heterocycles. The summed E-state index contributed by atoms with van der Waals surface area (Å²) in [5.74, 6) is -0.253. The molecule has 0 bridgehead atoms. The van der Waals surface area contributed by atoms with Crippen molar-refractivity contribution in [2.24, 2.45) is 0 Å². The fourth-order valence-corrected chi connectivity index (χ4v) is 2.39. The van der Waals surface area contributed by atoms with Crippen LogP contribution < -0.4 is 0 Å². The third-order valence-corrected chi connectivity index (χ3v) is 2.93. The predicted molar refractivity (Wildman–Crippen MR) is 59.2 cm³/mol. The summed E-state index contributed by atoms with van der Waals surface area (Å²) in [4.78, 5) is 0. The number of benzene rings is 1. The topological polar surface area (TPSA) is 34.1 Å². The second-order valence-corrected chi connectivity index (χ2v) is 6.21. The highest BCUT2D eigenvalue weighted by atomic mass is 35.7. The molecular weight excluding hydrogens is 239 g/mol. The van der Waals surface area contributed by atoms with Crippen LogP contribution in [0.25, 0.3) is 0 Å². The lowest BCUT2D eigenvalue weighted by molar-refractivity contribution is 0.359. The molecule has 0 amide bonds. The van der Waals surface area contributed by atoms with Gasteiger partial charge in [0.2, 0.25) is 9.05 Å². The maximum absolute atomic E-state index is 12.8. The number of alkyl halides is 1. The van der Waals surface area contributed by atoms with Crippen LogP contribution in [0, 0.1) is 0 Å². The van der Waals surface area contributed by atoms with Crippen molar-refractivity contribution in [2.45, 2.75) is 25.3 Å². The Kier molecular flexibility index (Phi) is 4.11. The first-order valence-electron chi connectivity index (χ1n) is 4.51. The monoisotopic (exact) mass is 250 g/mol. The zero-order valence-corrected chi connectivity index (χ0v) is 9.85. The Morgan fingerprint density at radius 1 is 1.33 bits per heavy atom. The van der Waals surface area contributed by atoms with Gasteiger partial charge in [0, 0.05) is 17.1 Å². The molecule has 1 aromatic carbocycles. The van der Waals surface area contributed by atoms with Crippen LogP contribution in [-0.2, 0) is 21.2 Å². The molecule has 0 aromatic heterocycles. The second-order valence-electron chi connectivity index (χ2n) is 3.44. The van der Waals surface area contributed by atoms with Gasteiger partial charge in [-0.25, -0.2) is 12.8 Å². The van der Waals surface area contributed by atoms with Gasteiger partial charge in [-0.15, -0.1) is 0 Å². The van der Waals surface area contributed by atoms with E-state index < -0.39 is 15.2 Å². The van der Waals surface area contributed by atoms with Crippen LogP contribution in [0.3, 0.4) is 0 Å². The summed E-state index contributed by atoms with van der Waals surface area (Å²) in [5, 5.41) is 0. The molecule has 0 N–H and O–H groups in total. The second kappa shape index (κ2) is 4.94. The van der Waals surface area contributed by atoms with Gasteiger partial charge in [-0.3, -0.25) is 0 Å². The van der Waals surface area contributed by atoms with Crippen molar-refractivity contribution >= 4 is 19.7 Å². The molecule has 84 valence electrons. The molecule has 1 aromatic rings. The lowest BCUT2D eigenvalue weighted by atomic mass is 10.0. The number of halogens is 2. The molecule has 0 saturated carbocycles. The molecule has 0 aliphatic heterocycles. The number of hydrogen-bond acceptors (Lipinski definition) is 2. The summed E-state index contributed by atoms with van der Waals surface area (Å²) in [7, 11) is 1.57. The molecular formula is C10H12ClFO2S. The van der Waals surface area contributed by atoms with Gasteiger partial charge in [0.15, 0.2) is 0 Å². The van der Waals surface area contributed by atoms with Crippen LogP contribution in [0.4, 0.5) is 4.39 Å². The van der Waals surface area contributed by atoms with Gasteiger partial charge in [-0.05, 0) is 18.1 Å². The summed E-state index contributed by atoms with van der Waals surface area (Å²) < 4.78 is 34.6. The first kappa shape index (κ1) is 12.5. The predicted octanol–water partition coefficient (Wildman–Crippen LogP) is 2.66. The minimum absolute atomic E-state index is 0.211. The molecule has 1 rings (SSSR count). The van der Waals surface area contributed by atoms with Crippen LogP contribution in [0.5, 0.6) is 0 Å². The average Bonchev–Trinajstić information content (AvgIpc) is 2.05. The fraction of sp³-hybridized carbons (Fsp3) is 0.400. The van der Waals surface area contributed by atoms with Crippen LogP contribution in [0.15, 0.2) is 24.3 Å². The van der Waals surface area contributed by atoms with E-state index in [-0.39, 0.29) is 12.2 Å². The van der Waals surface area contributed by atoms with Gasteiger partial charge in [0.25, 0.3) is 0 Å². The van der Waals surface area contributed by atoms with Crippen LogP contribution in [-0.4, -0.2) is 14.6 Å². The van der Waals surface area contributed by atoms with E-state index in [1.807, 2.05) is 0 Å². The molecule has 2 nitrogen and oxygen atoms in total. The Morgan fingerprint density at radius 3 is 2.33 bits per heavy atom.